The molecule has 0 atom stereocenters. The molecule has 1 saturated carbocycles. The predicted octanol–water partition coefficient (Wildman–Crippen LogP) is 3.11. The van der Waals surface area contributed by atoms with E-state index in [1.165, 1.54) is 5.56 Å². The molecule has 1 saturated heterocycles. The molecule has 4 nitrogen and oxygen atoms in total. The first-order valence-corrected chi connectivity index (χ1v) is 8.64. The summed E-state index contributed by atoms with van der Waals surface area (Å²) < 4.78 is 0. The Morgan fingerprint density at radius 2 is 1.78 bits per heavy atom. The van der Waals surface area contributed by atoms with E-state index in [2.05, 4.69) is 24.3 Å². The maximum atomic E-state index is 12.4. The number of amides is 1. The molecule has 1 aliphatic heterocycles. The number of aliphatic carboxylic acids is 1. The number of hydrogen-bond donors (Lipinski definition) is 1. The molecule has 0 radical (unpaired) electrons. The molecule has 0 bridgehead atoms. The number of carboxylic acids is 1. The van der Waals surface area contributed by atoms with E-state index in [1.807, 2.05) is 11.0 Å². The zero-order valence-electron chi connectivity index (χ0n) is 13.5. The van der Waals surface area contributed by atoms with Crippen molar-refractivity contribution in [1.29, 1.82) is 0 Å². The van der Waals surface area contributed by atoms with Crippen LogP contribution in [0.1, 0.15) is 44.1 Å². The van der Waals surface area contributed by atoms with E-state index in [-0.39, 0.29) is 12.3 Å². The molecule has 1 aromatic carbocycles. The van der Waals surface area contributed by atoms with Crippen LogP contribution in [0.2, 0.25) is 0 Å². The van der Waals surface area contributed by atoms with Gasteiger partial charge in [0.15, 0.2) is 0 Å². The lowest BCUT2D eigenvalue weighted by Gasteiger charge is -2.40. The lowest BCUT2D eigenvalue weighted by atomic mass is 9.66. The highest BCUT2D eigenvalue weighted by molar-refractivity contribution is 5.85. The van der Waals surface area contributed by atoms with E-state index in [4.69, 9.17) is 0 Å². The van der Waals surface area contributed by atoms with Crippen LogP contribution in [0.3, 0.4) is 0 Å². The molecular formula is C19H25NO3. The first kappa shape index (κ1) is 16.0. The van der Waals surface area contributed by atoms with Crippen molar-refractivity contribution in [1.82, 2.24) is 4.90 Å². The highest BCUT2D eigenvalue weighted by Gasteiger charge is 2.46. The van der Waals surface area contributed by atoms with Gasteiger partial charge in [0.1, 0.15) is 0 Å². The SMILES string of the molecule is O=C(CC1(C(=O)O)CCC1)N1CCC(Cc2ccccc2)CC1. The largest absolute Gasteiger partial charge is 0.481 e. The fraction of sp³-hybridized carbons (Fsp3) is 0.579. The summed E-state index contributed by atoms with van der Waals surface area (Å²) in [4.78, 5) is 25.7. The standard InChI is InChI=1S/C19H25NO3/c21-17(14-19(18(22)23)9-4-10-19)20-11-7-16(8-12-20)13-15-5-2-1-3-6-15/h1-3,5-6,16H,4,7-14H2,(H,22,23). The summed E-state index contributed by atoms with van der Waals surface area (Å²) in [6.07, 6.45) is 5.52. The second-order valence-corrected chi connectivity index (χ2v) is 7.13. The fourth-order valence-electron chi connectivity index (χ4n) is 3.81. The van der Waals surface area contributed by atoms with E-state index >= 15 is 0 Å². The second kappa shape index (κ2) is 6.73. The van der Waals surface area contributed by atoms with Gasteiger partial charge < -0.3 is 10.0 Å². The molecule has 3 rings (SSSR count). The highest BCUT2D eigenvalue weighted by Crippen LogP contribution is 2.44. The summed E-state index contributed by atoms with van der Waals surface area (Å²) in [7, 11) is 0. The molecule has 4 heteroatoms. The van der Waals surface area contributed by atoms with Gasteiger partial charge in [-0.15, -0.1) is 0 Å². The molecule has 0 aromatic heterocycles. The van der Waals surface area contributed by atoms with Gasteiger partial charge in [-0.3, -0.25) is 9.59 Å². The predicted molar refractivity (Wildman–Crippen MR) is 88.0 cm³/mol. The van der Waals surface area contributed by atoms with Crippen LogP contribution in [0, 0.1) is 11.3 Å². The van der Waals surface area contributed by atoms with Crippen molar-refractivity contribution in [3.63, 3.8) is 0 Å². The molecule has 1 heterocycles. The molecule has 0 unspecified atom stereocenters. The third kappa shape index (κ3) is 3.57. The van der Waals surface area contributed by atoms with Gasteiger partial charge in [0.2, 0.25) is 5.91 Å². The molecule has 1 aromatic rings. The fourth-order valence-corrected chi connectivity index (χ4v) is 3.81. The zero-order valence-corrected chi connectivity index (χ0v) is 13.5. The molecule has 124 valence electrons. The Morgan fingerprint density at radius 3 is 2.30 bits per heavy atom. The summed E-state index contributed by atoms with van der Waals surface area (Å²) in [5, 5.41) is 9.37. The zero-order chi connectivity index (χ0) is 16.3. The molecular weight excluding hydrogens is 290 g/mol. The summed E-state index contributed by atoms with van der Waals surface area (Å²) >= 11 is 0. The highest BCUT2D eigenvalue weighted by atomic mass is 16.4. The van der Waals surface area contributed by atoms with Crippen molar-refractivity contribution < 1.29 is 14.7 Å². The van der Waals surface area contributed by atoms with Crippen LogP contribution < -0.4 is 0 Å². The topological polar surface area (TPSA) is 57.6 Å². The van der Waals surface area contributed by atoms with E-state index in [1.54, 1.807) is 0 Å². The van der Waals surface area contributed by atoms with Gasteiger partial charge >= 0.3 is 5.97 Å². The minimum Gasteiger partial charge on any atom is -0.481 e. The van der Waals surface area contributed by atoms with E-state index in [0.717, 1.165) is 38.8 Å². The van der Waals surface area contributed by atoms with Crippen LogP contribution >= 0.6 is 0 Å². The summed E-state index contributed by atoms with van der Waals surface area (Å²) in [6, 6.07) is 10.5. The normalized spacial score (nSPS) is 20.8. The van der Waals surface area contributed by atoms with Crippen LogP contribution in [-0.2, 0) is 16.0 Å². The maximum Gasteiger partial charge on any atom is 0.310 e. The monoisotopic (exact) mass is 315 g/mol. The lowest BCUT2D eigenvalue weighted by molar-refractivity contribution is -0.159. The van der Waals surface area contributed by atoms with Gasteiger partial charge in [-0.25, -0.2) is 0 Å². The number of rotatable bonds is 5. The first-order valence-electron chi connectivity index (χ1n) is 8.64. The number of carboxylic acid groups (broad SMARTS) is 1. The van der Waals surface area contributed by atoms with Crippen molar-refractivity contribution in [3.05, 3.63) is 35.9 Å². The van der Waals surface area contributed by atoms with Gasteiger partial charge in [-0.2, -0.15) is 0 Å². The Kier molecular flexibility index (Phi) is 4.69. The minimum absolute atomic E-state index is 0.0326. The van der Waals surface area contributed by atoms with Crippen molar-refractivity contribution in [3.8, 4) is 0 Å². The molecule has 0 spiro atoms. The average molecular weight is 315 g/mol. The Bertz CT molecular complexity index is 557. The number of carbonyl (C=O) groups is 2. The lowest BCUT2D eigenvalue weighted by Crippen LogP contribution is -2.46. The van der Waals surface area contributed by atoms with Crippen LogP contribution in [0.5, 0.6) is 0 Å². The number of likely N-dealkylation sites (tertiary alicyclic amines) is 1. The Balaban J connectivity index is 1.49. The molecule has 2 aliphatic rings. The third-order valence-corrected chi connectivity index (χ3v) is 5.59. The molecule has 2 fully saturated rings. The van der Waals surface area contributed by atoms with Crippen LogP contribution in [0.4, 0.5) is 0 Å². The Hall–Kier alpha value is -1.84. The van der Waals surface area contributed by atoms with Crippen molar-refractivity contribution in [2.75, 3.05) is 13.1 Å². The van der Waals surface area contributed by atoms with Crippen molar-refractivity contribution in [2.24, 2.45) is 11.3 Å². The average Bonchev–Trinajstić information content (AvgIpc) is 2.52. The van der Waals surface area contributed by atoms with E-state index < -0.39 is 11.4 Å². The van der Waals surface area contributed by atoms with Gasteiger partial charge in [-0.05, 0) is 43.6 Å². The number of carbonyl (C=O) groups excluding carboxylic acids is 1. The van der Waals surface area contributed by atoms with E-state index in [0.29, 0.717) is 18.8 Å². The maximum absolute atomic E-state index is 12.4. The first-order chi connectivity index (χ1) is 11.1. The summed E-state index contributed by atoms with van der Waals surface area (Å²) in [6.45, 7) is 1.54. The summed E-state index contributed by atoms with van der Waals surface area (Å²) in [5.41, 5.74) is 0.592. The Morgan fingerprint density at radius 1 is 1.13 bits per heavy atom. The molecule has 1 amide bonds. The van der Waals surface area contributed by atoms with Crippen LogP contribution in [0.25, 0.3) is 0 Å². The third-order valence-electron chi connectivity index (χ3n) is 5.59. The number of hydrogen-bond acceptors (Lipinski definition) is 2. The smallest absolute Gasteiger partial charge is 0.310 e. The second-order valence-electron chi connectivity index (χ2n) is 7.13. The van der Waals surface area contributed by atoms with Gasteiger partial charge in [0.05, 0.1) is 5.41 Å². The van der Waals surface area contributed by atoms with Crippen LogP contribution in [-0.4, -0.2) is 35.0 Å². The van der Waals surface area contributed by atoms with Crippen LogP contribution in [0.15, 0.2) is 30.3 Å². The van der Waals surface area contributed by atoms with Gasteiger partial charge in [0.25, 0.3) is 0 Å². The Labute approximate surface area is 137 Å². The molecule has 1 N–H and O–H groups in total. The van der Waals surface area contributed by atoms with Crippen molar-refractivity contribution in [2.45, 2.75) is 44.9 Å². The molecule has 23 heavy (non-hydrogen) atoms. The number of benzene rings is 1. The van der Waals surface area contributed by atoms with E-state index in [9.17, 15) is 14.7 Å². The summed E-state index contributed by atoms with van der Waals surface area (Å²) in [5.74, 6) is -0.139. The van der Waals surface area contributed by atoms with Crippen molar-refractivity contribution >= 4 is 11.9 Å². The number of nitrogens with zero attached hydrogens (tertiary/aromatic N) is 1. The minimum atomic E-state index is -0.795. The van der Waals surface area contributed by atoms with Gasteiger partial charge in [-0.1, -0.05) is 36.8 Å². The molecule has 1 aliphatic carbocycles. The number of piperidine rings is 1. The van der Waals surface area contributed by atoms with Gasteiger partial charge in [0, 0.05) is 19.5 Å². The quantitative estimate of drug-likeness (QED) is 0.908.